The van der Waals surface area contributed by atoms with Gasteiger partial charge in [-0.15, -0.1) is 0 Å². The Morgan fingerprint density at radius 2 is 2.15 bits per heavy atom. The lowest BCUT2D eigenvalue weighted by molar-refractivity contribution is -0.282. The van der Waals surface area contributed by atoms with Crippen LogP contribution >= 0.6 is 0 Å². The number of hydrogen-bond donors (Lipinski definition) is 0. The Hall–Kier alpha value is -1.44. The van der Waals surface area contributed by atoms with Gasteiger partial charge in [-0.3, -0.25) is 0 Å². The molecule has 6 nitrogen and oxygen atoms in total. The van der Waals surface area contributed by atoms with E-state index in [1.54, 1.807) is 12.1 Å². The molecule has 0 bridgehead atoms. The second kappa shape index (κ2) is 5.90. The van der Waals surface area contributed by atoms with E-state index in [0.717, 1.165) is 11.1 Å². The molecule has 1 aromatic rings. The second-order valence-electron chi connectivity index (χ2n) is 4.55. The molecule has 2 rings (SSSR count). The van der Waals surface area contributed by atoms with Gasteiger partial charge in [-0.25, -0.2) is 18.2 Å². The zero-order chi connectivity index (χ0) is 14.8. The minimum absolute atomic E-state index is 0.244. The van der Waals surface area contributed by atoms with Gasteiger partial charge in [-0.05, 0) is 24.1 Å². The van der Waals surface area contributed by atoms with Crippen molar-refractivity contribution in [3.63, 3.8) is 0 Å². The van der Waals surface area contributed by atoms with Gasteiger partial charge in [-0.1, -0.05) is 11.2 Å². The van der Waals surface area contributed by atoms with Gasteiger partial charge in [0.15, 0.2) is 9.84 Å². The highest BCUT2D eigenvalue weighted by molar-refractivity contribution is 7.90. The third-order valence-electron chi connectivity index (χ3n) is 3.16. The van der Waals surface area contributed by atoms with Gasteiger partial charge in [0.25, 0.3) is 0 Å². The van der Waals surface area contributed by atoms with Crippen molar-refractivity contribution in [1.82, 2.24) is 0 Å². The van der Waals surface area contributed by atoms with E-state index in [9.17, 15) is 8.42 Å². The van der Waals surface area contributed by atoms with E-state index >= 15 is 0 Å². The highest BCUT2D eigenvalue weighted by Gasteiger charge is 2.23. The maximum Gasteiger partial charge on any atom is 0.176 e. The molecule has 1 heterocycles. The van der Waals surface area contributed by atoms with Crippen LogP contribution in [0.5, 0.6) is 0 Å². The Kier molecular flexibility index (Phi) is 4.42. The van der Waals surface area contributed by atoms with Crippen molar-refractivity contribution in [2.75, 3.05) is 20.0 Å². The maximum absolute atomic E-state index is 11.9. The number of rotatable bonds is 5. The van der Waals surface area contributed by atoms with Crippen molar-refractivity contribution in [2.24, 2.45) is 5.16 Å². The fourth-order valence-electron chi connectivity index (χ4n) is 2.16. The van der Waals surface area contributed by atoms with Crippen LogP contribution in [0, 0.1) is 6.92 Å². The summed E-state index contributed by atoms with van der Waals surface area (Å²) >= 11 is 0. The zero-order valence-corrected chi connectivity index (χ0v) is 12.5. The molecule has 0 N–H and O–H groups in total. The van der Waals surface area contributed by atoms with Gasteiger partial charge >= 0.3 is 0 Å². The van der Waals surface area contributed by atoms with Crippen molar-refractivity contribution in [3.05, 3.63) is 28.8 Å². The second-order valence-corrected chi connectivity index (χ2v) is 6.53. The summed E-state index contributed by atoms with van der Waals surface area (Å²) in [4.78, 5) is 14.8. The van der Waals surface area contributed by atoms with Gasteiger partial charge in [0.2, 0.25) is 0 Å². The molecule has 7 heteroatoms. The zero-order valence-electron chi connectivity index (χ0n) is 11.7. The summed E-state index contributed by atoms with van der Waals surface area (Å²) in [5, 5.41) is 3.94. The molecule has 20 heavy (non-hydrogen) atoms. The van der Waals surface area contributed by atoms with E-state index in [2.05, 4.69) is 10.0 Å². The van der Waals surface area contributed by atoms with Crippen LogP contribution in [0.4, 0.5) is 0 Å². The first-order valence-electron chi connectivity index (χ1n) is 6.12. The van der Waals surface area contributed by atoms with Crippen LogP contribution < -0.4 is 0 Å². The predicted molar refractivity (Wildman–Crippen MR) is 73.2 cm³/mol. The summed E-state index contributed by atoms with van der Waals surface area (Å²) in [6.07, 6.45) is 1.78. The number of hydrogen-bond acceptors (Lipinski definition) is 6. The molecule has 0 spiro atoms. The van der Waals surface area contributed by atoms with E-state index < -0.39 is 9.84 Å². The molecular formula is C13H17NO5S. The summed E-state index contributed by atoms with van der Waals surface area (Å²) in [6.45, 7) is 2.56. The lowest BCUT2D eigenvalue weighted by atomic mass is 9.98. The van der Waals surface area contributed by atoms with Crippen molar-refractivity contribution in [3.8, 4) is 0 Å². The Morgan fingerprint density at radius 3 is 2.70 bits per heavy atom. The summed E-state index contributed by atoms with van der Waals surface area (Å²) in [5.74, 6) is 0. The SMILES string of the molecule is COOCc1ccc(S(C)(=O)=O)c(C2=NOCC2)c1C. The Bertz CT molecular complexity index is 636. The largest absolute Gasteiger partial charge is 0.395 e. The minimum atomic E-state index is -3.34. The van der Waals surface area contributed by atoms with Crippen LogP contribution in [0.25, 0.3) is 0 Å². The molecule has 0 saturated heterocycles. The summed E-state index contributed by atoms with van der Waals surface area (Å²) in [5.41, 5.74) is 2.93. The summed E-state index contributed by atoms with van der Waals surface area (Å²) in [7, 11) is -1.91. The van der Waals surface area contributed by atoms with Crippen LogP contribution in [-0.4, -0.2) is 34.1 Å². The lowest BCUT2D eigenvalue weighted by Gasteiger charge is -2.14. The molecule has 0 unspecified atom stereocenters. The van der Waals surface area contributed by atoms with Crippen LogP contribution in [0.1, 0.15) is 23.1 Å². The Balaban J connectivity index is 2.57. The van der Waals surface area contributed by atoms with Crippen molar-refractivity contribution < 1.29 is 23.0 Å². The minimum Gasteiger partial charge on any atom is -0.395 e. The number of oxime groups is 1. The quantitative estimate of drug-likeness (QED) is 0.610. The van der Waals surface area contributed by atoms with Crippen LogP contribution in [0.15, 0.2) is 22.2 Å². The van der Waals surface area contributed by atoms with Crippen molar-refractivity contribution in [2.45, 2.75) is 24.8 Å². The Morgan fingerprint density at radius 1 is 1.40 bits per heavy atom. The third-order valence-corrected chi connectivity index (χ3v) is 4.30. The van der Waals surface area contributed by atoms with Crippen LogP contribution in [0.3, 0.4) is 0 Å². The molecule has 110 valence electrons. The standard InChI is InChI=1S/C13H17NO5S/c1-9-10(8-19-17-2)4-5-12(20(3,15)16)13(9)11-6-7-18-14-11/h4-5H,6-8H2,1-3H3. The maximum atomic E-state index is 11.9. The van der Waals surface area contributed by atoms with E-state index in [1.807, 2.05) is 6.92 Å². The van der Waals surface area contributed by atoms with Gasteiger partial charge in [0.1, 0.15) is 13.2 Å². The molecule has 1 aliphatic rings. The number of sulfone groups is 1. The summed E-state index contributed by atoms with van der Waals surface area (Å²) < 4.78 is 23.9. The third kappa shape index (κ3) is 3.00. The van der Waals surface area contributed by atoms with E-state index in [-0.39, 0.29) is 11.5 Å². The highest BCUT2D eigenvalue weighted by atomic mass is 32.2. The van der Waals surface area contributed by atoms with E-state index in [4.69, 9.17) is 9.73 Å². The van der Waals surface area contributed by atoms with Gasteiger partial charge in [0.05, 0.1) is 17.7 Å². The average molecular weight is 299 g/mol. The van der Waals surface area contributed by atoms with Crippen molar-refractivity contribution >= 4 is 15.5 Å². The molecule has 0 saturated carbocycles. The summed E-state index contributed by atoms with van der Waals surface area (Å²) in [6, 6.07) is 3.30. The van der Waals surface area contributed by atoms with Crippen LogP contribution in [0.2, 0.25) is 0 Å². The smallest absolute Gasteiger partial charge is 0.176 e. The van der Waals surface area contributed by atoms with Gasteiger partial charge < -0.3 is 4.84 Å². The molecular weight excluding hydrogens is 282 g/mol. The fraction of sp³-hybridized carbons (Fsp3) is 0.462. The molecule has 1 aliphatic heterocycles. The van der Waals surface area contributed by atoms with Gasteiger partial charge in [-0.2, -0.15) is 0 Å². The first-order valence-corrected chi connectivity index (χ1v) is 8.01. The molecule has 0 radical (unpaired) electrons. The highest BCUT2D eigenvalue weighted by Crippen LogP contribution is 2.27. The monoisotopic (exact) mass is 299 g/mol. The Labute approximate surface area is 118 Å². The van der Waals surface area contributed by atoms with Crippen molar-refractivity contribution in [1.29, 1.82) is 0 Å². The first-order chi connectivity index (χ1) is 9.45. The number of benzene rings is 1. The van der Waals surface area contributed by atoms with E-state index in [1.165, 1.54) is 13.4 Å². The predicted octanol–water partition coefficient (Wildman–Crippen LogP) is 1.60. The topological polar surface area (TPSA) is 74.2 Å². The molecule has 0 aliphatic carbocycles. The average Bonchev–Trinajstić information content (AvgIpc) is 2.89. The van der Waals surface area contributed by atoms with Gasteiger partial charge in [0, 0.05) is 18.2 Å². The van der Waals surface area contributed by atoms with Crippen LogP contribution in [-0.2, 0) is 31.1 Å². The molecule has 0 atom stereocenters. The normalized spacial score (nSPS) is 15.1. The fourth-order valence-corrected chi connectivity index (χ4v) is 3.12. The number of nitrogens with zero attached hydrogens (tertiary/aromatic N) is 1. The molecule has 0 aromatic heterocycles. The lowest BCUT2D eigenvalue weighted by Crippen LogP contribution is -2.12. The molecule has 1 aromatic carbocycles. The van der Waals surface area contributed by atoms with E-state index in [0.29, 0.717) is 24.3 Å². The molecule has 0 fully saturated rings. The molecule has 0 amide bonds. The first kappa shape index (κ1) is 15.0.